The standard InChI is InChI=1S/C30H30F3NO2/c1-20-19-24(10-13-26(20)28(35)36)29(16-14-23(15-17-29)30(31,32)33)22-8-11-25(12-9-22)34-18-4-6-21-5-2-3-7-27(21)34/h2-3,5,7-13,19,23H,4,6,14-18H2,1H3,(H,35,36). The predicted octanol–water partition coefficient (Wildman–Crippen LogP) is 7.82. The van der Waals surface area contributed by atoms with Crippen molar-refractivity contribution in [3.8, 4) is 0 Å². The van der Waals surface area contributed by atoms with E-state index in [1.165, 1.54) is 11.3 Å². The lowest BCUT2D eigenvalue weighted by molar-refractivity contribution is -0.184. The predicted molar refractivity (Wildman–Crippen MR) is 135 cm³/mol. The van der Waals surface area contributed by atoms with E-state index in [2.05, 4.69) is 47.4 Å². The van der Waals surface area contributed by atoms with Crippen molar-refractivity contribution in [2.24, 2.45) is 5.92 Å². The fourth-order valence-corrected chi connectivity index (χ4v) is 6.15. The zero-order chi connectivity index (χ0) is 25.5. The minimum absolute atomic E-state index is 0.0600. The summed E-state index contributed by atoms with van der Waals surface area (Å²) in [6.45, 7) is 2.67. The molecule has 1 saturated carbocycles. The summed E-state index contributed by atoms with van der Waals surface area (Å²) in [6.07, 6.45) is -1.21. The number of benzene rings is 3. The first-order chi connectivity index (χ1) is 17.2. The first kappa shape index (κ1) is 24.4. The first-order valence-corrected chi connectivity index (χ1v) is 12.6. The van der Waals surface area contributed by atoms with Gasteiger partial charge in [0.05, 0.1) is 11.5 Å². The summed E-state index contributed by atoms with van der Waals surface area (Å²) >= 11 is 0. The largest absolute Gasteiger partial charge is 0.478 e. The molecule has 5 rings (SSSR count). The minimum Gasteiger partial charge on any atom is -0.478 e. The fourth-order valence-electron chi connectivity index (χ4n) is 6.15. The number of nitrogens with zero attached hydrogens (tertiary/aromatic N) is 1. The van der Waals surface area contributed by atoms with E-state index in [4.69, 9.17) is 0 Å². The molecule has 0 aromatic heterocycles. The van der Waals surface area contributed by atoms with Crippen LogP contribution < -0.4 is 4.90 Å². The molecule has 0 bridgehead atoms. The molecule has 6 heteroatoms. The Bertz CT molecular complexity index is 1260. The van der Waals surface area contributed by atoms with Gasteiger partial charge in [-0.1, -0.05) is 42.5 Å². The third-order valence-electron chi connectivity index (χ3n) is 8.15. The number of carboxylic acids is 1. The number of alkyl halides is 3. The lowest BCUT2D eigenvalue weighted by atomic mass is 9.62. The van der Waals surface area contributed by atoms with Gasteiger partial charge in [-0.05, 0) is 92.0 Å². The Morgan fingerprint density at radius 3 is 2.28 bits per heavy atom. The Morgan fingerprint density at radius 2 is 1.64 bits per heavy atom. The highest BCUT2D eigenvalue weighted by Gasteiger charge is 2.47. The van der Waals surface area contributed by atoms with Crippen molar-refractivity contribution in [2.45, 2.75) is 57.0 Å². The molecule has 0 radical (unpaired) electrons. The van der Waals surface area contributed by atoms with Crippen molar-refractivity contribution >= 4 is 17.3 Å². The van der Waals surface area contributed by atoms with Crippen LogP contribution in [0.3, 0.4) is 0 Å². The summed E-state index contributed by atoms with van der Waals surface area (Å²) in [6, 6.07) is 21.9. The molecule has 1 heterocycles. The van der Waals surface area contributed by atoms with E-state index in [-0.39, 0.29) is 18.4 Å². The van der Waals surface area contributed by atoms with Crippen LogP contribution >= 0.6 is 0 Å². The molecule has 2 aliphatic rings. The average Bonchev–Trinajstić information content (AvgIpc) is 2.87. The van der Waals surface area contributed by atoms with Gasteiger partial charge in [-0.15, -0.1) is 0 Å². The second-order valence-corrected chi connectivity index (χ2v) is 10.2. The number of carbonyl (C=O) groups is 1. The van der Waals surface area contributed by atoms with Crippen LogP contribution in [0.5, 0.6) is 0 Å². The van der Waals surface area contributed by atoms with Gasteiger partial charge in [-0.25, -0.2) is 4.79 Å². The van der Waals surface area contributed by atoms with Gasteiger partial charge in [0.1, 0.15) is 0 Å². The van der Waals surface area contributed by atoms with Crippen molar-refractivity contribution < 1.29 is 23.1 Å². The number of fused-ring (bicyclic) bond motifs is 1. The zero-order valence-corrected chi connectivity index (χ0v) is 20.3. The van der Waals surface area contributed by atoms with E-state index in [9.17, 15) is 23.1 Å². The Balaban J connectivity index is 1.52. The second kappa shape index (κ2) is 9.30. The first-order valence-electron chi connectivity index (χ1n) is 12.6. The normalized spacial score (nSPS) is 22.2. The van der Waals surface area contributed by atoms with Crippen LogP contribution in [0, 0.1) is 12.8 Å². The van der Waals surface area contributed by atoms with E-state index >= 15 is 0 Å². The van der Waals surface area contributed by atoms with Crippen molar-refractivity contribution in [1.29, 1.82) is 0 Å². The van der Waals surface area contributed by atoms with Crippen molar-refractivity contribution in [3.05, 3.63) is 94.5 Å². The third kappa shape index (κ3) is 4.38. The van der Waals surface area contributed by atoms with E-state index in [1.807, 2.05) is 12.1 Å². The third-order valence-corrected chi connectivity index (χ3v) is 8.15. The van der Waals surface area contributed by atoms with E-state index < -0.39 is 23.5 Å². The van der Waals surface area contributed by atoms with Gasteiger partial charge in [0, 0.05) is 23.3 Å². The van der Waals surface area contributed by atoms with Crippen LogP contribution in [-0.4, -0.2) is 23.8 Å². The van der Waals surface area contributed by atoms with Crippen molar-refractivity contribution in [2.75, 3.05) is 11.4 Å². The smallest absolute Gasteiger partial charge is 0.391 e. The van der Waals surface area contributed by atoms with Crippen LogP contribution in [0.4, 0.5) is 24.5 Å². The molecule has 1 aliphatic heterocycles. The summed E-state index contributed by atoms with van der Waals surface area (Å²) in [5.41, 5.74) is 5.74. The van der Waals surface area contributed by atoms with Crippen LogP contribution in [0.25, 0.3) is 0 Å². The highest BCUT2D eigenvalue weighted by molar-refractivity contribution is 5.89. The number of carboxylic acid groups (broad SMARTS) is 1. The molecule has 1 aliphatic carbocycles. The molecule has 36 heavy (non-hydrogen) atoms. The summed E-state index contributed by atoms with van der Waals surface area (Å²) in [5.74, 6) is -2.30. The number of rotatable bonds is 4. The summed E-state index contributed by atoms with van der Waals surface area (Å²) in [4.78, 5) is 13.9. The SMILES string of the molecule is Cc1cc(C2(c3ccc(N4CCCc5ccccc54)cc3)CCC(C(F)(F)F)CC2)ccc1C(=O)O. The molecule has 0 saturated heterocycles. The van der Waals surface area contributed by atoms with E-state index in [1.54, 1.807) is 19.1 Å². The molecule has 3 aromatic carbocycles. The Hall–Kier alpha value is -3.28. The molecule has 0 unspecified atom stereocenters. The zero-order valence-electron chi connectivity index (χ0n) is 20.3. The molecule has 188 valence electrons. The monoisotopic (exact) mass is 493 g/mol. The number of para-hydroxylation sites is 1. The molecule has 3 aromatic rings. The maximum Gasteiger partial charge on any atom is 0.391 e. The molecular formula is C30H30F3NO2. The second-order valence-electron chi connectivity index (χ2n) is 10.2. The van der Waals surface area contributed by atoms with Crippen LogP contribution in [0.1, 0.15) is 64.7 Å². The van der Waals surface area contributed by atoms with Gasteiger partial charge in [0.2, 0.25) is 0 Å². The van der Waals surface area contributed by atoms with Crippen LogP contribution in [0.15, 0.2) is 66.7 Å². The number of anilines is 2. The van der Waals surface area contributed by atoms with Gasteiger partial charge >= 0.3 is 12.1 Å². The molecule has 1 N–H and O–H groups in total. The average molecular weight is 494 g/mol. The Labute approximate surface area is 209 Å². The highest BCUT2D eigenvalue weighted by atomic mass is 19.4. The minimum atomic E-state index is -4.19. The van der Waals surface area contributed by atoms with Gasteiger partial charge in [0.15, 0.2) is 0 Å². The van der Waals surface area contributed by atoms with Gasteiger partial charge < -0.3 is 10.0 Å². The van der Waals surface area contributed by atoms with Crippen LogP contribution in [0.2, 0.25) is 0 Å². The number of halogens is 3. The Morgan fingerprint density at radius 1 is 0.972 bits per heavy atom. The lowest BCUT2D eigenvalue weighted by Crippen LogP contribution is -2.37. The summed E-state index contributed by atoms with van der Waals surface area (Å²) in [5, 5.41) is 9.47. The summed E-state index contributed by atoms with van der Waals surface area (Å²) in [7, 11) is 0. The fraction of sp³-hybridized carbons (Fsp3) is 0.367. The van der Waals surface area contributed by atoms with Crippen molar-refractivity contribution in [1.82, 2.24) is 0 Å². The maximum absolute atomic E-state index is 13.5. The number of aromatic carboxylic acids is 1. The molecule has 0 amide bonds. The van der Waals surface area contributed by atoms with E-state index in [0.29, 0.717) is 18.4 Å². The van der Waals surface area contributed by atoms with Gasteiger partial charge in [-0.3, -0.25) is 0 Å². The highest BCUT2D eigenvalue weighted by Crippen LogP contribution is 2.50. The molecule has 0 spiro atoms. The quantitative estimate of drug-likeness (QED) is 0.403. The molecule has 1 fully saturated rings. The van der Waals surface area contributed by atoms with Crippen molar-refractivity contribution in [3.63, 3.8) is 0 Å². The van der Waals surface area contributed by atoms with E-state index in [0.717, 1.165) is 36.2 Å². The maximum atomic E-state index is 13.5. The molecular weight excluding hydrogens is 463 g/mol. The lowest BCUT2D eigenvalue weighted by Gasteiger charge is -2.42. The number of aryl methyl sites for hydroxylation is 2. The summed E-state index contributed by atoms with van der Waals surface area (Å²) < 4.78 is 40.5. The van der Waals surface area contributed by atoms with Gasteiger partial charge in [-0.2, -0.15) is 13.2 Å². The number of hydrogen-bond acceptors (Lipinski definition) is 2. The topological polar surface area (TPSA) is 40.5 Å². The Kier molecular flexibility index (Phi) is 6.31. The molecule has 0 atom stereocenters. The molecule has 3 nitrogen and oxygen atoms in total. The number of hydrogen-bond donors (Lipinski definition) is 1. The van der Waals surface area contributed by atoms with Crippen LogP contribution in [-0.2, 0) is 11.8 Å². The van der Waals surface area contributed by atoms with Gasteiger partial charge in [0.25, 0.3) is 0 Å².